The maximum absolute atomic E-state index is 14.0. The zero-order valence-corrected chi connectivity index (χ0v) is 20.4. The quantitative estimate of drug-likeness (QED) is 0.408. The van der Waals surface area contributed by atoms with E-state index in [1.807, 2.05) is 20.2 Å². The lowest BCUT2D eigenvalue weighted by atomic mass is 10.1. The van der Waals surface area contributed by atoms with Crippen molar-refractivity contribution in [3.63, 3.8) is 0 Å². The van der Waals surface area contributed by atoms with Crippen LogP contribution in [0.5, 0.6) is 5.75 Å². The first-order valence-electron chi connectivity index (χ1n) is 11.7. The van der Waals surface area contributed by atoms with Gasteiger partial charge in [0.15, 0.2) is 5.65 Å². The fraction of sp³-hybridized carbons (Fsp3) is 0.360. The number of hydrogen-bond acceptors (Lipinski definition) is 6. The lowest BCUT2D eigenvalue weighted by molar-refractivity contribution is 0.0629. The topological polar surface area (TPSA) is 80.8 Å². The van der Waals surface area contributed by atoms with Gasteiger partial charge >= 0.3 is 0 Å². The maximum Gasteiger partial charge on any atom is 0.280 e. The largest absolute Gasteiger partial charge is 0.496 e. The number of aromatic nitrogens is 5. The summed E-state index contributed by atoms with van der Waals surface area (Å²) in [6.07, 6.45) is 0.539. The molecule has 11 heteroatoms. The van der Waals surface area contributed by atoms with E-state index in [-0.39, 0.29) is 22.8 Å². The number of fused-ring (bicyclic) bond motifs is 1. The van der Waals surface area contributed by atoms with E-state index in [4.69, 9.17) is 4.74 Å². The normalized spacial score (nSPS) is 14.7. The van der Waals surface area contributed by atoms with Crippen molar-refractivity contribution >= 4 is 11.6 Å². The van der Waals surface area contributed by atoms with E-state index < -0.39 is 6.43 Å². The molecule has 0 bridgehead atoms. The van der Waals surface area contributed by atoms with Gasteiger partial charge in [-0.3, -0.25) is 14.4 Å². The third kappa shape index (κ3) is 4.41. The summed E-state index contributed by atoms with van der Waals surface area (Å²) in [5.41, 5.74) is 2.97. The minimum absolute atomic E-state index is 0.104. The van der Waals surface area contributed by atoms with Crippen LogP contribution in [0, 0.1) is 6.92 Å². The van der Waals surface area contributed by atoms with Gasteiger partial charge in [0.1, 0.15) is 17.0 Å². The van der Waals surface area contributed by atoms with Crippen LogP contribution in [0.2, 0.25) is 0 Å². The number of hydrogen-bond donors (Lipinski definition) is 0. The minimum atomic E-state index is -2.80. The van der Waals surface area contributed by atoms with Gasteiger partial charge in [-0.25, -0.2) is 18.3 Å². The fourth-order valence-corrected chi connectivity index (χ4v) is 4.61. The predicted molar refractivity (Wildman–Crippen MR) is 129 cm³/mol. The molecule has 4 heterocycles. The molecule has 1 aromatic carbocycles. The van der Waals surface area contributed by atoms with Crippen molar-refractivity contribution in [1.29, 1.82) is 0 Å². The lowest BCUT2D eigenvalue weighted by Crippen LogP contribution is -2.48. The molecule has 0 spiro atoms. The van der Waals surface area contributed by atoms with E-state index in [2.05, 4.69) is 20.1 Å². The van der Waals surface area contributed by atoms with E-state index in [1.165, 1.54) is 19.4 Å². The van der Waals surface area contributed by atoms with Crippen LogP contribution in [0.4, 0.5) is 8.78 Å². The minimum Gasteiger partial charge on any atom is -0.496 e. The Kier molecular flexibility index (Phi) is 6.40. The van der Waals surface area contributed by atoms with Gasteiger partial charge in [0.05, 0.1) is 24.7 Å². The fourth-order valence-electron chi connectivity index (χ4n) is 4.61. The number of para-hydroxylation sites is 1. The van der Waals surface area contributed by atoms with Crippen LogP contribution in [0.1, 0.15) is 33.7 Å². The van der Waals surface area contributed by atoms with Crippen LogP contribution in [0.3, 0.4) is 0 Å². The van der Waals surface area contributed by atoms with E-state index in [9.17, 15) is 13.6 Å². The van der Waals surface area contributed by atoms with Gasteiger partial charge in [0.2, 0.25) is 0 Å². The molecule has 0 unspecified atom stereocenters. The summed E-state index contributed by atoms with van der Waals surface area (Å²) in [4.78, 5) is 22.0. The van der Waals surface area contributed by atoms with Crippen molar-refractivity contribution in [1.82, 2.24) is 34.2 Å². The molecule has 0 saturated carbocycles. The van der Waals surface area contributed by atoms with E-state index in [0.29, 0.717) is 43.2 Å². The first-order valence-corrected chi connectivity index (χ1v) is 11.7. The Labute approximate surface area is 206 Å². The number of halogens is 2. The number of alkyl halides is 2. The number of amides is 1. The Morgan fingerprint density at radius 2 is 1.92 bits per heavy atom. The molecule has 0 N–H and O–H groups in total. The number of carbonyl (C=O) groups is 1. The van der Waals surface area contributed by atoms with Crippen LogP contribution >= 0.6 is 0 Å². The molecule has 1 amide bonds. The van der Waals surface area contributed by atoms with Gasteiger partial charge in [-0.05, 0) is 25.1 Å². The number of aryl methyl sites for hydroxylation is 2. The molecule has 1 aliphatic heterocycles. The van der Waals surface area contributed by atoms with E-state index in [1.54, 1.807) is 33.8 Å². The van der Waals surface area contributed by atoms with Crippen LogP contribution in [-0.4, -0.2) is 73.4 Å². The van der Waals surface area contributed by atoms with Crippen LogP contribution in [-0.2, 0) is 13.6 Å². The summed E-state index contributed by atoms with van der Waals surface area (Å²) in [5.74, 6) is 0.231. The van der Waals surface area contributed by atoms with Gasteiger partial charge < -0.3 is 9.64 Å². The molecule has 5 rings (SSSR count). The predicted octanol–water partition coefficient (Wildman–Crippen LogP) is 3.34. The average molecular weight is 496 g/mol. The lowest BCUT2D eigenvalue weighted by Gasteiger charge is -2.34. The molecule has 9 nitrogen and oxygen atoms in total. The molecule has 4 aromatic rings. The second-order valence-corrected chi connectivity index (χ2v) is 8.84. The van der Waals surface area contributed by atoms with Gasteiger partial charge in [0, 0.05) is 57.1 Å². The molecule has 188 valence electrons. The molecule has 3 aromatic heterocycles. The summed E-state index contributed by atoms with van der Waals surface area (Å²) in [6, 6.07) is 8.33. The Morgan fingerprint density at radius 1 is 1.17 bits per heavy atom. The average Bonchev–Trinajstić information content (AvgIpc) is 3.45. The zero-order chi connectivity index (χ0) is 25.4. The molecule has 0 radical (unpaired) electrons. The summed E-state index contributed by atoms with van der Waals surface area (Å²) in [7, 11) is 3.41. The first kappa shape index (κ1) is 23.9. The monoisotopic (exact) mass is 495 g/mol. The number of benzene rings is 1. The van der Waals surface area contributed by atoms with Gasteiger partial charge in [-0.15, -0.1) is 0 Å². The third-order valence-corrected chi connectivity index (χ3v) is 6.50. The highest BCUT2D eigenvalue weighted by atomic mass is 19.3. The molecule has 1 fully saturated rings. The summed E-state index contributed by atoms with van der Waals surface area (Å²) < 4.78 is 36.2. The second kappa shape index (κ2) is 9.65. The van der Waals surface area contributed by atoms with Crippen LogP contribution in [0.25, 0.3) is 16.9 Å². The Bertz CT molecular complexity index is 1410. The van der Waals surface area contributed by atoms with Crippen molar-refractivity contribution < 1.29 is 18.3 Å². The Morgan fingerprint density at radius 3 is 2.58 bits per heavy atom. The van der Waals surface area contributed by atoms with E-state index >= 15 is 0 Å². The highest BCUT2D eigenvalue weighted by Crippen LogP contribution is 2.32. The van der Waals surface area contributed by atoms with Crippen molar-refractivity contribution in [3.05, 3.63) is 65.2 Å². The number of nitrogens with zero attached hydrogens (tertiary/aromatic N) is 7. The maximum atomic E-state index is 14.0. The standard InChI is InChI=1S/C25H27F2N7O2/c1-16-17(14-31(2)30-16)15-32-8-10-33(11-9-32)25(35)19-13-28-34-21(23(26)27)12-20(29-24(19)34)18-6-4-5-7-22(18)36-3/h4-7,12-14,23H,8-11,15H2,1-3H3. The molecule has 0 aliphatic carbocycles. The van der Waals surface area contributed by atoms with Crippen molar-refractivity contribution in [3.8, 4) is 17.0 Å². The van der Waals surface area contributed by atoms with E-state index in [0.717, 1.165) is 22.3 Å². The molecule has 1 aliphatic rings. The summed E-state index contributed by atoms with van der Waals surface area (Å²) in [6.45, 7) is 5.18. The number of methoxy groups -OCH3 is 1. The number of carbonyl (C=O) groups excluding carboxylic acids is 1. The highest BCUT2D eigenvalue weighted by molar-refractivity contribution is 6.00. The summed E-state index contributed by atoms with van der Waals surface area (Å²) >= 11 is 0. The Hall–Kier alpha value is -3.86. The Balaban J connectivity index is 1.41. The van der Waals surface area contributed by atoms with Crippen molar-refractivity contribution in [2.24, 2.45) is 7.05 Å². The number of piperazine rings is 1. The molecule has 1 saturated heterocycles. The second-order valence-electron chi connectivity index (χ2n) is 8.84. The van der Waals surface area contributed by atoms with Crippen molar-refractivity contribution in [2.75, 3.05) is 33.3 Å². The summed E-state index contributed by atoms with van der Waals surface area (Å²) in [5, 5.41) is 8.48. The van der Waals surface area contributed by atoms with Crippen LogP contribution < -0.4 is 4.74 Å². The number of ether oxygens (including phenoxy) is 1. The SMILES string of the molecule is COc1ccccc1-c1cc(C(F)F)n2ncc(C(=O)N3CCN(Cc4cn(C)nc4C)CC3)c2n1. The third-order valence-electron chi connectivity index (χ3n) is 6.50. The highest BCUT2D eigenvalue weighted by Gasteiger charge is 2.27. The van der Waals surface area contributed by atoms with Gasteiger partial charge in [-0.1, -0.05) is 12.1 Å². The van der Waals surface area contributed by atoms with Gasteiger partial charge in [-0.2, -0.15) is 10.2 Å². The van der Waals surface area contributed by atoms with Crippen LogP contribution in [0.15, 0.2) is 42.7 Å². The molecule has 36 heavy (non-hydrogen) atoms. The van der Waals surface area contributed by atoms with Gasteiger partial charge in [0.25, 0.3) is 12.3 Å². The molecule has 0 atom stereocenters. The first-order chi connectivity index (χ1) is 17.4. The number of rotatable bonds is 6. The smallest absolute Gasteiger partial charge is 0.280 e. The molecular formula is C25H27F2N7O2. The van der Waals surface area contributed by atoms with Crippen molar-refractivity contribution in [2.45, 2.75) is 19.9 Å². The molecular weight excluding hydrogens is 468 g/mol. The zero-order valence-electron chi connectivity index (χ0n) is 20.4.